The third-order valence-corrected chi connectivity index (χ3v) is 5.24. The standard InChI is InChI=1S/C12H13ClN2O3S/c13-11-3-2-10(9-14)8-12(11)19(16,17)15-4-1-6-18-7-5-15/h2-3,8H,1,4-7H2. The van der Waals surface area contributed by atoms with Crippen molar-refractivity contribution in [3.8, 4) is 6.07 Å². The second-order valence-corrected chi connectivity index (χ2v) is 6.44. The van der Waals surface area contributed by atoms with E-state index in [1.54, 1.807) is 0 Å². The first kappa shape index (κ1) is 14.3. The van der Waals surface area contributed by atoms with Gasteiger partial charge in [-0.2, -0.15) is 9.57 Å². The summed E-state index contributed by atoms with van der Waals surface area (Å²) in [4.78, 5) is -0.0184. The lowest BCUT2D eigenvalue weighted by atomic mass is 10.2. The minimum absolute atomic E-state index is 0.0184. The predicted octanol–water partition coefficient (Wildman–Crippen LogP) is 1.62. The molecule has 2 rings (SSSR count). The Hall–Kier alpha value is -1.13. The number of halogens is 1. The lowest BCUT2D eigenvalue weighted by Gasteiger charge is -2.20. The van der Waals surface area contributed by atoms with E-state index >= 15 is 0 Å². The van der Waals surface area contributed by atoms with Crippen LogP contribution in [0.1, 0.15) is 12.0 Å². The van der Waals surface area contributed by atoms with Gasteiger partial charge in [0.2, 0.25) is 10.0 Å². The Morgan fingerprint density at radius 3 is 2.84 bits per heavy atom. The number of rotatable bonds is 2. The highest BCUT2D eigenvalue weighted by atomic mass is 35.5. The van der Waals surface area contributed by atoms with Crippen LogP contribution in [0, 0.1) is 11.3 Å². The molecule has 19 heavy (non-hydrogen) atoms. The van der Waals surface area contributed by atoms with Crippen molar-refractivity contribution in [1.29, 1.82) is 5.26 Å². The highest BCUT2D eigenvalue weighted by Gasteiger charge is 2.27. The van der Waals surface area contributed by atoms with Crippen LogP contribution in [-0.4, -0.2) is 39.0 Å². The molecule has 102 valence electrons. The average molecular weight is 301 g/mol. The van der Waals surface area contributed by atoms with Crippen LogP contribution < -0.4 is 0 Å². The number of hydrogen-bond donors (Lipinski definition) is 0. The topological polar surface area (TPSA) is 70.4 Å². The summed E-state index contributed by atoms with van der Waals surface area (Å²) in [6.07, 6.45) is 0.648. The average Bonchev–Trinajstić information content (AvgIpc) is 2.68. The van der Waals surface area contributed by atoms with Gasteiger partial charge >= 0.3 is 0 Å². The SMILES string of the molecule is N#Cc1ccc(Cl)c(S(=O)(=O)N2CCCOCC2)c1. The van der Waals surface area contributed by atoms with E-state index < -0.39 is 10.0 Å². The number of sulfonamides is 1. The van der Waals surface area contributed by atoms with Gasteiger partial charge in [-0.1, -0.05) is 11.6 Å². The van der Waals surface area contributed by atoms with Crippen molar-refractivity contribution in [2.75, 3.05) is 26.3 Å². The summed E-state index contributed by atoms with van der Waals surface area (Å²) in [5, 5.41) is 8.98. The molecule has 0 amide bonds. The van der Waals surface area contributed by atoms with Gasteiger partial charge in [-0.05, 0) is 24.6 Å². The molecule has 5 nitrogen and oxygen atoms in total. The summed E-state index contributed by atoms with van der Waals surface area (Å²) in [6.45, 7) is 1.62. The number of nitriles is 1. The van der Waals surface area contributed by atoms with E-state index in [1.807, 2.05) is 6.07 Å². The minimum Gasteiger partial charge on any atom is -0.380 e. The van der Waals surface area contributed by atoms with Gasteiger partial charge in [0.15, 0.2) is 0 Å². The minimum atomic E-state index is -3.68. The van der Waals surface area contributed by atoms with Gasteiger partial charge in [-0.15, -0.1) is 0 Å². The van der Waals surface area contributed by atoms with E-state index in [4.69, 9.17) is 21.6 Å². The first-order chi connectivity index (χ1) is 9.05. The molecule has 1 aliphatic rings. The molecular weight excluding hydrogens is 288 g/mol. The van der Waals surface area contributed by atoms with Crippen molar-refractivity contribution in [2.45, 2.75) is 11.3 Å². The van der Waals surface area contributed by atoms with Crippen molar-refractivity contribution in [3.63, 3.8) is 0 Å². The second-order valence-electron chi connectivity index (χ2n) is 4.13. The van der Waals surface area contributed by atoms with Gasteiger partial charge in [0.25, 0.3) is 0 Å². The number of ether oxygens (including phenoxy) is 1. The fourth-order valence-electron chi connectivity index (χ4n) is 1.87. The zero-order chi connectivity index (χ0) is 13.9. The molecule has 0 atom stereocenters. The first-order valence-electron chi connectivity index (χ1n) is 5.83. The molecule has 0 N–H and O–H groups in total. The lowest BCUT2D eigenvalue weighted by Crippen LogP contribution is -2.33. The van der Waals surface area contributed by atoms with E-state index in [0.29, 0.717) is 32.7 Å². The van der Waals surface area contributed by atoms with E-state index in [0.717, 1.165) is 0 Å². The van der Waals surface area contributed by atoms with E-state index in [2.05, 4.69) is 0 Å². The third-order valence-electron chi connectivity index (χ3n) is 2.86. The molecule has 1 aliphatic heterocycles. The van der Waals surface area contributed by atoms with Crippen LogP contribution in [0.5, 0.6) is 0 Å². The third kappa shape index (κ3) is 3.07. The molecule has 7 heteroatoms. The summed E-state index contributed by atoms with van der Waals surface area (Å²) in [5.74, 6) is 0. The van der Waals surface area contributed by atoms with Gasteiger partial charge < -0.3 is 4.74 Å². The molecule has 0 saturated carbocycles. The molecule has 1 aromatic carbocycles. The van der Waals surface area contributed by atoms with Gasteiger partial charge in [0.05, 0.1) is 23.3 Å². The fraction of sp³-hybridized carbons (Fsp3) is 0.417. The Balaban J connectivity index is 2.41. The van der Waals surface area contributed by atoms with Crippen LogP contribution in [-0.2, 0) is 14.8 Å². The van der Waals surface area contributed by atoms with Crippen LogP contribution in [0.4, 0.5) is 0 Å². The van der Waals surface area contributed by atoms with Crippen LogP contribution in [0.25, 0.3) is 0 Å². The van der Waals surface area contributed by atoms with Gasteiger partial charge in [0.1, 0.15) is 4.90 Å². The van der Waals surface area contributed by atoms with E-state index in [1.165, 1.54) is 22.5 Å². The Morgan fingerprint density at radius 2 is 2.11 bits per heavy atom. The Labute approximate surface area is 117 Å². The Kier molecular flexibility index (Phi) is 4.42. The summed E-state index contributed by atoms with van der Waals surface area (Å²) in [5.41, 5.74) is 0.272. The van der Waals surface area contributed by atoms with Gasteiger partial charge in [-0.25, -0.2) is 8.42 Å². The zero-order valence-electron chi connectivity index (χ0n) is 10.2. The summed E-state index contributed by atoms with van der Waals surface area (Å²) in [6, 6.07) is 6.15. The quantitative estimate of drug-likeness (QED) is 0.832. The number of benzene rings is 1. The van der Waals surface area contributed by atoms with Crippen LogP contribution in [0.2, 0.25) is 5.02 Å². The normalized spacial score (nSPS) is 17.7. The predicted molar refractivity (Wildman–Crippen MR) is 70.4 cm³/mol. The zero-order valence-corrected chi connectivity index (χ0v) is 11.7. The van der Waals surface area contributed by atoms with Crippen molar-refractivity contribution in [2.24, 2.45) is 0 Å². The smallest absolute Gasteiger partial charge is 0.244 e. The molecule has 1 fully saturated rings. The number of nitrogens with zero attached hydrogens (tertiary/aromatic N) is 2. The lowest BCUT2D eigenvalue weighted by molar-refractivity contribution is 0.148. The molecule has 0 spiro atoms. The Bertz CT molecular complexity index is 602. The van der Waals surface area contributed by atoms with Crippen LogP contribution in [0.15, 0.2) is 23.1 Å². The maximum absolute atomic E-state index is 12.5. The van der Waals surface area contributed by atoms with E-state index in [-0.39, 0.29) is 15.5 Å². The molecule has 0 unspecified atom stereocenters. The molecular formula is C12H13ClN2O3S. The fourth-order valence-corrected chi connectivity index (χ4v) is 3.84. The molecule has 0 aromatic heterocycles. The maximum Gasteiger partial charge on any atom is 0.244 e. The molecule has 0 radical (unpaired) electrons. The molecule has 0 bridgehead atoms. The summed E-state index contributed by atoms with van der Waals surface area (Å²) < 4.78 is 31.6. The van der Waals surface area contributed by atoms with Crippen LogP contribution in [0.3, 0.4) is 0 Å². The molecule has 1 saturated heterocycles. The van der Waals surface area contributed by atoms with Gasteiger partial charge in [-0.3, -0.25) is 0 Å². The van der Waals surface area contributed by atoms with E-state index in [9.17, 15) is 8.42 Å². The largest absolute Gasteiger partial charge is 0.380 e. The highest BCUT2D eigenvalue weighted by molar-refractivity contribution is 7.89. The van der Waals surface area contributed by atoms with Crippen molar-refractivity contribution in [1.82, 2.24) is 4.31 Å². The Morgan fingerprint density at radius 1 is 1.32 bits per heavy atom. The highest BCUT2D eigenvalue weighted by Crippen LogP contribution is 2.26. The summed E-state index contributed by atoms with van der Waals surface area (Å²) >= 11 is 5.95. The second kappa shape index (κ2) is 5.88. The molecule has 1 heterocycles. The van der Waals surface area contributed by atoms with Crippen molar-refractivity contribution >= 4 is 21.6 Å². The molecule has 1 aromatic rings. The van der Waals surface area contributed by atoms with Crippen LogP contribution >= 0.6 is 11.6 Å². The summed E-state index contributed by atoms with van der Waals surface area (Å²) in [7, 11) is -3.68. The van der Waals surface area contributed by atoms with Crippen molar-refractivity contribution in [3.05, 3.63) is 28.8 Å². The molecule has 0 aliphatic carbocycles. The van der Waals surface area contributed by atoms with Gasteiger partial charge in [0, 0.05) is 19.7 Å². The monoisotopic (exact) mass is 300 g/mol. The first-order valence-corrected chi connectivity index (χ1v) is 7.65. The maximum atomic E-state index is 12.5. The van der Waals surface area contributed by atoms with Crippen molar-refractivity contribution < 1.29 is 13.2 Å². The number of hydrogen-bond acceptors (Lipinski definition) is 4.